The Morgan fingerprint density at radius 3 is 1.91 bits per heavy atom. The first-order valence-electron chi connectivity index (χ1n) is 14.9. The molecule has 2 rings (SSSR count). The first-order valence-corrected chi connectivity index (χ1v) is 14.9. The van der Waals surface area contributed by atoms with Crippen molar-refractivity contribution in [1.29, 1.82) is 0 Å². The van der Waals surface area contributed by atoms with Crippen LogP contribution in [0.15, 0.2) is 42.5 Å². The lowest BCUT2D eigenvalue weighted by Crippen LogP contribution is -2.46. The first-order chi connectivity index (χ1) is 20.2. The van der Waals surface area contributed by atoms with Gasteiger partial charge in [0.05, 0.1) is 6.04 Å². The smallest absolute Gasteiger partial charge is 0.408 e. The van der Waals surface area contributed by atoms with Crippen molar-refractivity contribution >= 4 is 29.9 Å². The van der Waals surface area contributed by atoms with Crippen molar-refractivity contribution < 1.29 is 42.9 Å². The summed E-state index contributed by atoms with van der Waals surface area (Å²) >= 11 is 0. The third kappa shape index (κ3) is 13.6. The standard InChI is InChI=1S/C33H48N2O9/c1-31(2,3)42-27(37)24(35-30(40)44-33(7,8)9)17-18-25(36)26(28(38)41-20-21-13-11-10-12-14-21)22-15-16-23(19-22)34-29(39)43-32(4,5)6/h10-16,22-24,26H,17-20H2,1-9H3,(H,34,39)(H,35,40)/t22-,23+,24+,26?/m1/s1. The zero-order chi connectivity index (χ0) is 33.3. The highest BCUT2D eigenvalue weighted by Crippen LogP contribution is 2.30. The Kier molecular flexibility index (Phi) is 12.5. The number of benzene rings is 1. The van der Waals surface area contributed by atoms with Gasteiger partial charge in [-0.2, -0.15) is 0 Å². The molecule has 1 unspecified atom stereocenters. The van der Waals surface area contributed by atoms with Gasteiger partial charge < -0.3 is 29.6 Å². The molecule has 1 aliphatic rings. The largest absolute Gasteiger partial charge is 0.460 e. The first kappa shape index (κ1) is 36.3. The van der Waals surface area contributed by atoms with Crippen LogP contribution in [0.3, 0.4) is 0 Å². The summed E-state index contributed by atoms with van der Waals surface area (Å²) in [6.07, 6.45) is 1.86. The number of rotatable bonds is 11. The molecule has 2 N–H and O–H groups in total. The predicted molar refractivity (Wildman–Crippen MR) is 163 cm³/mol. The van der Waals surface area contributed by atoms with Gasteiger partial charge in [-0.3, -0.25) is 9.59 Å². The van der Waals surface area contributed by atoms with Gasteiger partial charge in [-0.05, 0) is 86.6 Å². The monoisotopic (exact) mass is 616 g/mol. The van der Waals surface area contributed by atoms with E-state index < -0.39 is 70.6 Å². The molecule has 44 heavy (non-hydrogen) atoms. The zero-order valence-corrected chi connectivity index (χ0v) is 27.4. The van der Waals surface area contributed by atoms with Crippen LogP contribution >= 0.6 is 0 Å². The second-order valence-electron chi connectivity index (χ2n) is 13.8. The van der Waals surface area contributed by atoms with E-state index in [9.17, 15) is 24.0 Å². The van der Waals surface area contributed by atoms with Gasteiger partial charge in [-0.1, -0.05) is 42.5 Å². The molecule has 4 atom stereocenters. The zero-order valence-electron chi connectivity index (χ0n) is 27.4. The second-order valence-corrected chi connectivity index (χ2v) is 13.8. The predicted octanol–water partition coefficient (Wildman–Crippen LogP) is 5.40. The van der Waals surface area contributed by atoms with E-state index in [-0.39, 0.29) is 25.9 Å². The van der Waals surface area contributed by atoms with Crippen LogP contribution in [-0.2, 0) is 39.9 Å². The third-order valence-corrected chi connectivity index (χ3v) is 6.13. The van der Waals surface area contributed by atoms with E-state index in [0.29, 0.717) is 0 Å². The summed E-state index contributed by atoms with van der Waals surface area (Å²) in [6.45, 7) is 15.3. The summed E-state index contributed by atoms with van der Waals surface area (Å²) in [5.41, 5.74) is -1.59. The van der Waals surface area contributed by atoms with Crippen LogP contribution in [0.2, 0.25) is 0 Å². The minimum Gasteiger partial charge on any atom is -0.460 e. The van der Waals surface area contributed by atoms with Crippen molar-refractivity contribution in [3.8, 4) is 0 Å². The highest BCUT2D eigenvalue weighted by Gasteiger charge is 2.39. The maximum atomic E-state index is 13.7. The Bertz CT molecular complexity index is 1190. The molecule has 1 aromatic rings. The van der Waals surface area contributed by atoms with E-state index >= 15 is 0 Å². The fourth-order valence-electron chi connectivity index (χ4n) is 4.42. The Morgan fingerprint density at radius 2 is 1.34 bits per heavy atom. The van der Waals surface area contributed by atoms with Crippen LogP contribution in [0, 0.1) is 11.8 Å². The molecule has 2 amide bonds. The number of allylic oxidation sites excluding steroid dienone is 1. The lowest BCUT2D eigenvalue weighted by molar-refractivity contribution is -0.157. The quantitative estimate of drug-likeness (QED) is 0.144. The number of carbonyl (C=O) groups excluding carboxylic acids is 5. The van der Waals surface area contributed by atoms with E-state index in [4.69, 9.17) is 18.9 Å². The van der Waals surface area contributed by atoms with Crippen molar-refractivity contribution in [3.63, 3.8) is 0 Å². The number of hydrogen-bond acceptors (Lipinski definition) is 9. The Balaban J connectivity index is 2.21. The molecule has 0 heterocycles. The number of amides is 2. The van der Waals surface area contributed by atoms with Gasteiger partial charge in [0.25, 0.3) is 0 Å². The molecule has 11 nitrogen and oxygen atoms in total. The minimum absolute atomic E-state index is 0.0276. The second kappa shape index (κ2) is 15.2. The third-order valence-electron chi connectivity index (χ3n) is 6.13. The summed E-state index contributed by atoms with van der Waals surface area (Å²) in [5, 5.41) is 5.25. The van der Waals surface area contributed by atoms with Crippen LogP contribution in [-0.4, -0.2) is 58.8 Å². The van der Waals surface area contributed by atoms with Crippen LogP contribution in [0.4, 0.5) is 9.59 Å². The van der Waals surface area contributed by atoms with Gasteiger partial charge in [-0.15, -0.1) is 0 Å². The number of ether oxygens (including phenoxy) is 4. The Morgan fingerprint density at radius 1 is 0.773 bits per heavy atom. The van der Waals surface area contributed by atoms with Crippen molar-refractivity contribution in [1.82, 2.24) is 10.6 Å². The lowest BCUT2D eigenvalue weighted by Gasteiger charge is -2.27. The Labute approximate surface area is 260 Å². The average Bonchev–Trinajstić information content (AvgIpc) is 3.30. The lowest BCUT2D eigenvalue weighted by atomic mass is 9.85. The number of alkyl carbamates (subject to hydrolysis) is 2. The molecular weight excluding hydrogens is 568 g/mol. The molecular formula is C33H48N2O9. The fraction of sp³-hybridized carbons (Fsp3) is 0.606. The molecule has 0 aliphatic heterocycles. The van der Waals surface area contributed by atoms with Crippen LogP contribution in [0.5, 0.6) is 0 Å². The van der Waals surface area contributed by atoms with E-state index in [0.717, 1.165) is 5.56 Å². The highest BCUT2D eigenvalue weighted by atomic mass is 16.6. The van der Waals surface area contributed by atoms with Crippen molar-refractivity contribution in [2.75, 3.05) is 0 Å². The Hall–Kier alpha value is -3.89. The van der Waals surface area contributed by atoms with Crippen LogP contribution < -0.4 is 10.6 Å². The average molecular weight is 617 g/mol. The molecule has 1 aliphatic carbocycles. The summed E-state index contributed by atoms with van der Waals surface area (Å²) in [6, 6.07) is 7.40. The summed E-state index contributed by atoms with van der Waals surface area (Å²) in [4.78, 5) is 64.9. The SMILES string of the molecule is CC(C)(C)OC(=O)N[C@@H](CCC(=O)C(C(=O)OCc1ccccc1)[C@@H]1C=C[C@H](NC(=O)OC(C)(C)C)C1)C(=O)OC(C)(C)C. The van der Waals surface area contributed by atoms with Gasteiger partial charge in [0, 0.05) is 6.42 Å². The number of esters is 2. The molecule has 11 heteroatoms. The minimum atomic E-state index is -1.21. The van der Waals surface area contributed by atoms with E-state index in [1.165, 1.54) is 0 Å². The molecule has 0 fully saturated rings. The molecule has 0 saturated heterocycles. The van der Waals surface area contributed by atoms with Gasteiger partial charge in [-0.25, -0.2) is 14.4 Å². The number of carbonyl (C=O) groups is 5. The fourth-order valence-corrected chi connectivity index (χ4v) is 4.42. The van der Waals surface area contributed by atoms with Gasteiger partial charge in [0.15, 0.2) is 0 Å². The van der Waals surface area contributed by atoms with E-state index in [1.54, 1.807) is 86.6 Å². The van der Waals surface area contributed by atoms with Crippen molar-refractivity contribution in [2.45, 2.75) is 117 Å². The summed E-state index contributed by atoms with van der Waals surface area (Å²) < 4.78 is 21.7. The number of hydrogen-bond donors (Lipinski definition) is 2. The van der Waals surface area contributed by atoms with Crippen LogP contribution in [0.25, 0.3) is 0 Å². The molecule has 244 valence electrons. The van der Waals surface area contributed by atoms with Gasteiger partial charge in [0.2, 0.25) is 0 Å². The van der Waals surface area contributed by atoms with Crippen molar-refractivity contribution in [2.24, 2.45) is 11.8 Å². The summed E-state index contributed by atoms with van der Waals surface area (Å²) in [7, 11) is 0. The number of nitrogens with one attached hydrogen (secondary N) is 2. The number of Topliss-reactive ketones (excluding diaryl/α,β-unsaturated/α-hetero) is 1. The van der Waals surface area contributed by atoms with Crippen LogP contribution in [0.1, 0.15) is 87.1 Å². The summed E-state index contributed by atoms with van der Waals surface area (Å²) in [5.74, 6) is -3.72. The molecule has 0 aromatic heterocycles. The van der Waals surface area contributed by atoms with E-state index in [2.05, 4.69) is 10.6 Å². The topological polar surface area (TPSA) is 146 Å². The van der Waals surface area contributed by atoms with E-state index in [1.807, 2.05) is 18.2 Å². The molecule has 1 aromatic carbocycles. The number of ketones is 1. The normalized spacial score (nSPS) is 18.0. The molecule has 0 bridgehead atoms. The maximum absolute atomic E-state index is 13.7. The van der Waals surface area contributed by atoms with Gasteiger partial charge in [0.1, 0.15) is 41.2 Å². The molecule has 0 radical (unpaired) electrons. The van der Waals surface area contributed by atoms with Gasteiger partial charge >= 0.3 is 24.1 Å². The maximum Gasteiger partial charge on any atom is 0.408 e. The van der Waals surface area contributed by atoms with Crippen molar-refractivity contribution in [3.05, 3.63) is 48.0 Å². The highest BCUT2D eigenvalue weighted by molar-refractivity contribution is 6.00. The molecule has 0 spiro atoms. The molecule has 0 saturated carbocycles.